The van der Waals surface area contributed by atoms with Gasteiger partial charge in [-0.25, -0.2) is 9.97 Å². The average molecular weight is 291 g/mol. The lowest BCUT2D eigenvalue weighted by Crippen LogP contribution is -2.36. The molecule has 1 aromatic rings. The summed E-state index contributed by atoms with van der Waals surface area (Å²) in [4.78, 5) is 23.0. The fraction of sp³-hybridized carbons (Fsp3) is 0.667. The summed E-state index contributed by atoms with van der Waals surface area (Å²) in [7, 11) is 1.66. The van der Waals surface area contributed by atoms with Gasteiger partial charge in [0.2, 0.25) is 5.91 Å². The Bertz CT molecular complexity index is 487. The number of likely N-dealkylation sites (N-methyl/N-ethyl adjacent to an activating group) is 1. The lowest BCUT2D eigenvalue weighted by molar-refractivity contribution is -0.119. The first-order valence-electron chi connectivity index (χ1n) is 7.76. The van der Waals surface area contributed by atoms with E-state index in [2.05, 4.69) is 27.5 Å². The number of anilines is 2. The highest BCUT2D eigenvalue weighted by atomic mass is 16.1. The number of carbonyl (C=O) groups is 1. The van der Waals surface area contributed by atoms with Gasteiger partial charge in [-0.15, -0.1) is 0 Å². The number of nitrogens with zero attached hydrogens (tertiary/aromatic N) is 3. The first-order chi connectivity index (χ1) is 10.2. The van der Waals surface area contributed by atoms with Crippen LogP contribution < -0.4 is 15.5 Å². The quantitative estimate of drug-likeness (QED) is 0.763. The normalized spacial score (nSPS) is 13.9. The molecule has 1 aromatic heterocycles. The summed E-state index contributed by atoms with van der Waals surface area (Å²) in [5.74, 6) is 3.09. The van der Waals surface area contributed by atoms with Gasteiger partial charge in [0, 0.05) is 32.1 Å². The molecule has 116 valence electrons. The van der Waals surface area contributed by atoms with Crippen LogP contribution in [0.5, 0.6) is 0 Å². The van der Waals surface area contributed by atoms with Crippen molar-refractivity contribution in [3.63, 3.8) is 0 Å². The Balaban J connectivity index is 2.26. The zero-order valence-corrected chi connectivity index (χ0v) is 13.1. The van der Waals surface area contributed by atoms with Gasteiger partial charge >= 0.3 is 0 Å². The second-order valence-corrected chi connectivity index (χ2v) is 5.37. The van der Waals surface area contributed by atoms with Crippen molar-refractivity contribution in [1.82, 2.24) is 15.3 Å². The van der Waals surface area contributed by atoms with Crippen LogP contribution in [0.15, 0.2) is 6.07 Å². The fourth-order valence-electron chi connectivity index (χ4n) is 2.21. The topological polar surface area (TPSA) is 70.2 Å². The summed E-state index contributed by atoms with van der Waals surface area (Å²) in [6, 6.07) is 1.94. The van der Waals surface area contributed by atoms with Gasteiger partial charge in [0.05, 0.1) is 6.54 Å². The lowest BCUT2D eigenvalue weighted by Gasteiger charge is -2.23. The molecule has 21 heavy (non-hydrogen) atoms. The van der Waals surface area contributed by atoms with E-state index in [1.807, 2.05) is 17.9 Å². The fourth-order valence-corrected chi connectivity index (χ4v) is 2.21. The molecule has 1 saturated carbocycles. The van der Waals surface area contributed by atoms with Crippen LogP contribution in [0.3, 0.4) is 0 Å². The van der Waals surface area contributed by atoms with Gasteiger partial charge in [-0.3, -0.25) is 4.79 Å². The molecule has 6 heteroatoms. The maximum Gasteiger partial charge on any atom is 0.239 e. The van der Waals surface area contributed by atoms with E-state index in [0.717, 1.165) is 49.8 Å². The molecule has 1 heterocycles. The summed E-state index contributed by atoms with van der Waals surface area (Å²) in [5.41, 5.74) is 0. The van der Waals surface area contributed by atoms with Crippen molar-refractivity contribution in [2.45, 2.75) is 39.0 Å². The molecular formula is C15H25N5O. The van der Waals surface area contributed by atoms with Crippen molar-refractivity contribution >= 4 is 17.5 Å². The van der Waals surface area contributed by atoms with Crippen LogP contribution in [0.1, 0.15) is 44.9 Å². The van der Waals surface area contributed by atoms with Crippen LogP contribution in [0.2, 0.25) is 0 Å². The van der Waals surface area contributed by atoms with Crippen molar-refractivity contribution in [2.24, 2.45) is 0 Å². The first kappa shape index (κ1) is 15.5. The van der Waals surface area contributed by atoms with E-state index in [1.165, 1.54) is 0 Å². The third kappa shape index (κ3) is 4.31. The molecule has 0 saturated heterocycles. The Kier molecular flexibility index (Phi) is 5.36. The zero-order valence-electron chi connectivity index (χ0n) is 13.1. The van der Waals surface area contributed by atoms with Crippen molar-refractivity contribution in [3.05, 3.63) is 11.9 Å². The predicted molar refractivity (Wildman–Crippen MR) is 84.7 cm³/mol. The molecule has 1 amide bonds. The molecule has 0 aromatic carbocycles. The molecule has 2 rings (SSSR count). The first-order valence-corrected chi connectivity index (χ1v) is 7.76. The minimum atomic E-state index is 0.0000323. The minimum absolute atomic E-state index is 0.0000323. The Morgan fingerprint density at radius 1 is 1.38 bits per heavy atom. The van der Waals surface area contributed by atoms with Crippen LogP contribution in [0.25, 0.3) is 0 Å². The van der Waals surface area contributed by atoms with Gasteiger partial charge < -0.3 is 15.5 Å². The minimum Gasteiger partial charge on any atom is -0.370 e. The Morgan fingerprint density at radius 3 is 2.71 bits per heavy atom. The van der Waals surface area contributed by atoms with E-state index in [4.69, 9.17) is 0 Å². The van der Waals surface area contributed by atoms with E-state index in [0.29, 0.717) is 12.5 Å². The highest BCUT2D eigenvalue weighted by molar-refractivity contribution is 5.80. The van der Waals surface area contributed by atoms with Crippen LogP contribution in [0, 0.1) is 0 Å². The Hall–Kier alpha value is -1.85. The van der Waals surface area contributed by atoms with Crippen molar-refractivity contribution in [2.75, 3.05) is 36.9 Å². The van der Waals surface area contributed by atoms with Gasteiger partial charge in [0.25, 0.3) is 0 Å². The number of carbonyl (C=O) groups excluding carboxylic acids is 1. The summed E-state index contributed by atoms with van der Waals surface area (Å²) in [6.07, 6.45) is 3.30. The molecule has 1 aliphatic carbocycles. The SMILES string of the molecule is CCCN(CC(=O)NC)c1cc(NCC)nc(C2CC2)n1. The predicted octanol–water partition coefficient (Wildman–Crippen LogP) is 1.75. The monoisotopic (exact) mass is 291 g/mol. The van der Waals surface area contributed by atoms with Crippen molar-refractivity contribution in [3.8, 4) is 0 Å². The van der Waals surface area contributed by atoms with E-state index in [-0.39, 0.29) is 5.91 Å². The number of nitrogens with one attached hydrogen (secondary N) is 2. The Morgan fingerprint density at radius 2 is 2.14 bits per heavy atom. The molecular weight excluding hydrogens is 266 g/mol. The average Bonchev–Trinajstić information content (AvgIpc) is 3.31. The van der Waals surface area contributed by atoms with Gasteiger partial charge in [-0.05, 0) is 26.2 Å². The largest absolute Gasteiger partial charge is 0.370 e. The molecule has 0 unspecified atom stereocenters. The Labute approximate surface area is 126 Å². The summed E-state index contributed by atoms with van der Waals surface area (Å²) >= 11 is 0. The van der Waals surface area contributed by atoms with Crippen molar-refractivity contribution < 1.29 is 4.79 Å². The van der Waals surface area contributed by atoms with E-state index >= 15 is 0 Å². The molecule has 0 spiro atoms. The van der Waals surface area contributed by atoms with E-state index < -0.39 is 0 Å². The number of hydrogen-bond acceptors (Lipinski definition) is 5. The molecule has 6 nitrogen and oxygen atoms in total. The zero-order chi connectivity index (χ0) is 15.2. The number of rotatable bonds is 8. The lowest BCUT2D eigenvalue weighted by atomic mass is 10.3. The van der Waals surface area contributed by atoms with Crippen LogP contribution in [-0.2, 0) is 4.79 Å². The van der Waals surface area contributed by atoms with Gasteiger partial charge in [0.1, 0.15) is 17.5 Å². The van der Waals surface area contributed by atoms with E-state index in [9.17, 15) is 4.79 Å². The molecule has 0 aliphatic heterocycles. The number of aromatic nitrogens is 2. The van der Waals surface area contributed by atoms with Gasteiger partial charge in [-0.1, -0.05) is 6.92 Å². The maximum absolute atomic E-state index is 11.7. The van der Waals surface area contributed by atoms with Crippen LogP contribution in [-0.4, -0.2) is 42.6 Å². The maximum atomic E-state index is 11.7. The third-order valence-electron chi connectivity index (χ3n) is 3.46. The van der Waals surface area contributed by atoms with E-state index in [1.54, 1.807) is 7.05 Å². The summed E-state index contributed by atoms with van der Waals surface area (Å²) < 4.78 is 0. The molecule has 1 fully saturated rings. The summed E-state index contributed by atoms with van der Waals surface area (Å²) in [5, 5.41) is 5.93. The third-order valence-corrected chi connectivity index (χ3v) is 3.46. The van der Waals surface area contributed by atoms with Crippen molar-refractivity contribution in [1.29, 1.82) is 0 Å². The molecule has 0 atom stereocenters. The molecule has 0 bridgehead atoms. The molecule has 2 N–H and O–H groups in total. The number of hydrogen-bond donors (Lipinski definition) is 2. The molecule has 0 radical (unpaired) electrons. The second kappa shape index (κ2) is 7.24. The molecule has 1 aliphatic rings. The summed E-state index contributed by atoms with van der Waals surface area (Å²) in [6.45, 7) is 6.11. The highest BCUT2D eigenvalue weighted by Crippen LogP contribution is 2.39. The second-order valence-electron chi connectivity index (χ2n) is 5.37. The van der Waals surface area contributed by atoms with Gasteiger partial charge in [0.15, 0.2) is 0 Å². The smallest absolute Gasteiger partial charge is 0.239 e. The van der Waals surface area contributed by atoms with Crippen LogP contribution >= 0.6 is 0 Å². The number of amides is 1. The standard InChI is InChI=1S/C15H25N5O/c1-4-8-20(10-14(21)16-3)13-9-12(17-5-2)18-15(19-13)11-6-7-11/h9,11H,4-8,10H2,1-3H3,(H,16,21)(H,17,18,19). The van der Waals surface area contributed by atoms with Crippen LogP contribution in [0.4, 0.5) is 11.6 Å². The highest BCUT2D eigenvalue weighted by Gasteiger charge is 2.28. The van der Waals surface area contributed by atoms with Gasteiger partial charge in [-0.2, -0.15) is 0 Å².